The molecule has 4 saturated heterocycles. The normalized spacial score (nSPS) is 24.8. The van der Waals surface area contributed by atoms with Crippen LogP contribution in [0.25, 0.3) is 0 Å². The molecule has 4 aromatic rings. The molecule has 18 nitrogen and oxygen atoms in total. The van der Waals surface area contributed by atoms with E-state index in [1.54, 1.807) is 6.92 Å². The van der Waals surface area contributed by atoms with Gasteiger partial charge in [0.2, 0.25) is 6.29 Å². The van der Waals surface area contributed by atoms with E-state index in [1.807, 2.05) is 137 Å². The van der Waals surface area contributed by atoms with Crippen LogP contribution < -0.4 is 11.1 Å². The Morgan fingerprint density at radius 2 is 1.07 bits per heavy atom. The van der Waals surface area contributed by atoms with Gasteiger partial charge in [-0.15, -0.1) is 29.8 Å². The smallest absolute Gasteiger partial charge is 0.411 e. The number of nitrogens with two attached hydrogens (primary N) is 1. The van der Waals surface area contributed by atoms with E-state index >= 15 is 0 Å². The Morgan fingerprint density at radius 1 is 0.621 bits per heavy atom. The van der Waals surface area contributed by atoms with Crippen molar-refractivity contribution >= 4 is 65.6 Å². The Labute approximate surface area is 588 Å². The topological polar surface area (TPSA) is 234 Å². The number of rotatable bonds is 14. The number of piperidine rings is 3. The number of nitrogens with zero attached hydrogens (tertiary/aromatic N) is 3. The standard InChI is InChI=1S/C17H21NO2.C15H17NO4.C15H19NO2.C9H15NO2.C8H11N.C4H6O3.C4H8.CH2Cl2.CH3.Pd/c1-3-20-17(19)16-14-9-10-15(11-14)18(16)12(2)13-7-5-4-6-8-13;17-14(18)13-11-6-7-12(8-11)16(13)15(19)20-9-10-4-2-1-3-5-10;1-11-13-7-8-14(9-13)16(11)15(17)18-10-12-5-3-2-4-6-12;1-2-12-9(11)8-6-3-4-7(5-6)10-8;1-7(9)8-5-3-2-4-6-8;1-2-7-4(6)3-5;1-4(2)3;2-1-3;;/h4-10,12,14-16H,3,11H2,1-2H3;1-5,11-13H,6-9H2,(H,17,18);2-6,11,13-14H,7-10H2,1H3;6-8,10H,2-5H2,1H3;2-7H,9H2,1H3;3H,2H2,1H3;1H2,2-3H3;1H2;1H3;/q;;;;;;;;-1;/t12-,14-,15+,16-;11-,12+,13-;11-,13+,14-;6-,7+,8-;7-;;;;;/m00101...../s1. The summed E-state index contributed by atoms with van der Waals surface area (Å²) in [5, 5.41) is 12.8. The SMILES string of the molecule is C=C(C)C.CCOC(=O)C=O.CCOC(=O)[C@@H]1[C@H]2C=C[C@H](C2)N1[C@@H](C)c1ccccc1.CCOC(=O)[C@H]1N[C@@H]2CC[C@H]1C2.C[C@@H](N)c1ccccc1.C[C@@H]1[C@H]2CC[C@H](C2)N1C(=O)OCc1ccccc1.ClCCl.O=C(O)[C@@H]1[C@H]2CC[C@H](C2)N1C(=O)OCc1ccccc1.[CH3-].[Pd]. The number of ether oxygens (including phenoxy) is 5. The molecule has 21 heteroatoms. The number of hydrogen-bond acceptors (Lipinski definition) is 15. The first-order valence-electron chi connectivity index (χ1n) is 32.7. The summed E-state index contributed by atoms with van der Waals surface area (Å²) in [4.78, 5) is 84.2. The van der Waals surface area contributed by atoms with Gasteiger partial charge in [0.25, 0.3) is 0 Å². The first-order valence-corrected chi connectivity index (χ1v) is 33.8. The minimum absolute atomic E-state index is 0. The second-order valence-electron chi connectivity index (χ2n) is 24.5. The molecule has 0 spiro atoms. The molecule has 0 radical (unpaired) electrons. The van der Waals surface area contributed by atoms with E-state index in [4.69, 9.17) is 47.9 Å². The molecule has 0 unspecified atom stereocenters. The quantitative estimate of drug-likeness (QED) is 0.0156. The number of carbonyl (C=O) groups excluding carboxylic acids is 6. The van der Waals surface area contributed by atoms with Gasteiger partial charge < -0.3 is 52.2 Å². The molecule has 95 heavy (non-hydrogen) atoms. The number of nitrogens with one attached hydrogen (secondary N) is 1. The van der Waals surface area contributed by atoms with Crippen LogP contribution in [0.2, 0.25) is 0 Å². The molecule has 4 aliphatic heterocycles. The van der Waals surface area contributed by atoms with E-state index in [0.29, 0.717) is 61.7 Å². The molecular weight excluding hydrogens is 1340 g/mol. The average molecular weight is 1450 g/mol. The number of carbonyl (C=O) groups is 7. The Bertz CT molecular complexity index is 2970. The van der Waals surface area contributed by atoms with Crippen molar-refractivity contribution in [1.82, 2.24) is 20.0 Å². The summed E-state index contributed by atoms with van der Waals surface area (Å²) in [6.07, 6.45) is 14.7. The Kier molecular flexibility index (Phi) is 38.1. The summed E-state index contributed by atoms with van der Waals surface area (Å²) in [5.74, 6) is -0.214. The number of halogens is 2. The van der Waals surface area contributed by atoms with Crippen molar-refractivity contribution in [3.8, 4) is 0 Å². The molecule has 2 amide bonds. The summed E-state index contributed by atoms with van der Waals surface area (Å²) in [5.41, 5.74) is 11.2. The number of carboxylic acid groups (broad SMARTS) is 1. The van der Waals surface area contributed by atoms with Gasteiger partial charge in [-0.3, -0.25) is 24.2 Å². The Morgan fingerprint density at radius 3 is 1.49 bits per heavy atom. The van der Waals surface area contributed by atoms with E-state index in [2.05, 4.69) is 71.8 Å². The number of aldehydes is 1. The number of alkyl halides is 2. The number of allylic oxidation sites excluding steroid dienone is 1. The summed E-state index contributed by atoms with van der Waals surface area (Å²) in [6.45, 7) is 20.9. The third-order valence-corrected chi connectivity index (χ3v) is 17.7. The maximum absolute atomic E-state index is 12.3. The van der Waals surface area contributed by atoms with Crippen LogP contribution in [0.4, 0.5) is 9.59 Å². The second-order valence-corrected chi connectivity index (χ2v) is 25.3. The number of likely N-dealkylation sites (tertiary alicyclic amines) is 3. The van der Waals surface area contributed by atoms with Crippen LogP contribution in [0.1, 0.15) is 154 Å². The van der Waals surface area contributed by atoms with Gasteiger partial charge >= 0.3 is 36.1 Å². The molecule has 4 aromatic carbocycles. The first-order chi connectivity index (χ1) is 44.7. The number of fused-ring (bicyclic) bond motifs is 8. The fraction of sp³-hybridized carbons (Fsp3) is 0.514. The van der Waals surface area contributed by atoms with Crippen LogP contribution in [0.5, 0.6) is 0 Å². The van der Waals surface area contributed by atoms with Crippen LogP contribution in [0, 0.1) is 31.1 Å². The third kappa shape index (κ3) is 25.5. The molecule has 8 bridgehead atoms. The van der Waals surface area contributed by atoms with Gasteiger partial charge in [0, 0.05) is 68.6 Å². The van der Waals surface area contributed by atoms with Crippen molar-refractivity contribution in [2.75, 3.05) is 25.2 Å². The fourth-order valence-electron chi connectivity index (χ4n) is 13.5. The summed E-state index contributed by atoms with van der Waals surface area (Å²) < 4.78 is 25.1. The molecule has 12 rings (SSSR count). The predicted molar refractivity (Wildman–Crippen MR) is 368 cm³/mol. The Hall–Kier alpha value is -6.43. The minimum Gasteiger partial charge on any atom is -0.480 e. The maximum atomic E-state index is 12.3. The van der Waals surface area contributed by atoms with Crippen molar-refractivity contribution in [2.24, 2.45) is 29.4 Å². The van der Waals surface area contributed by atoms with Crippen molar-refractivity contribution < 1.29 is 82.8 Å². The van der Waals surface area contributed by atoms with E-state index in [0.717, 1.165) is 43.2 Å². The van der Waals surface area contributed by atoms with Crippen molar-refractivity contribution in [1.29, 1.82) is 0 Å². The van der Waals surface area contributed by atoms with Gasteiger partial charge in [-0.1, -0.05) is 139 Å². The summed E-state index contributed by atoms with van der Waals surface area (Å²) in [6, 6.07) is 41.0. The zero-order valence-electron chi connectivity index (χ0n) is 56.7. The van der Waals surface area contributed by atoms with Gasteiger partial charge in [-0.05, 0) is 160 Å². The molecule has 7 fully saturated rings. The van der Waals surface area contributed by atoms with Gasteiger partial charge in [0.15, 0.2) is 0 Å². The number of amides is 2. The van der Waals surface area contributed by atoms with Crippen molar-refractivity contribution in [3.63, 3.8) is 0 Å². The zero-order chi connectivity index (χ0) is 68.0. The van der Waals surface area contributed by atoms with E-state index in [1.165, 1.54) is 53.7 Å². The van der Waals surface area contributed by atoms with Crippen LogP contribution in [0.3, 0.4) is 0 Å². The van der Waals surface area contributed by atoms with Gasteiger partial charge in [-0.25, -0.2) is 19.2 Å². The number of esters is 3. The fourth-order valence-corrected chi connectivity index (χ4v) is 13.5. The van der Waals surface area contributed by atoms with Gasteiger partial charge in [0.05, 0.1) is 25.2 Å². The third-order valence-electron chi connectivity index (χ3n) is 17.7. The molecule has 3 saturated carbocycles. The van der Waals surface area contributed by atoms with Crippen LogP contribution >= 0.6 is 23.2 Å². The molecule has 4 N–H and O–H groups in total. The average Bonchev–Trinajstić information content (AvgIpc) is 1.64. The molecule has 4 heterocycles. The largest absolute Gasteiger partial charge is 0.480 e. The predicted octanol–water partition coefficient (Wildman–Crippen LogP) is 14.0. The summed E-state index contributed by atoms with van der Waals surface area (Å²) >= 11 is 9.53. The van der Waals surface area contributed by atoms with Gasteiger partial charge in [0.1, 0.15) is 31.3 Å². The van der Waals surface area contributed by atoms with E-state index in [9.17, 15) is 38.7 Å². The van der Waals surface area contributed by atoms with Crippen molar-refractivity contribution in [3.05, 3.63) is 175 Å². The summed E-state index contributed by atoms with van der Waals surface area (Å²) in [7, 11) is 0. The number of benzene rings is 4. The number of hydrogen-bond donors (Lipinski definition) is 3. The number of aliphatic carboxylic acids is 1. The number of carboxylic acids is 1. The van der Waals surface area contributed by atoms with E-state index in [-0.39, 0.29) is 107 Å². The van der Waals surface area contributed by atoms with Gasteiger partial charge in [-0.2, -0.15) is 0 Å². The Balaban J connectivity index is 0.000000298. The monoisotopic (exact) mass is 1440 g/mol. The van der Waals surface area contributed by atoms with Crippen molar-refractivity contribution in [2.45, 2.75) is 193 Å². The van der Waals surface area contributed by atoms with Crippen LogP contribution in [-0.4, -0.2) is 136 Å². The molecular formula is C74H102Cl2N5O13Pd-. The molecule has 4 aliphatic carbocycles. The zero-order valence-corrected chi connectivity index (χ0v) is 59.8. The molecule has 526 valence electrons. The maximum Gasteiger partial charge on any atom is 0.411 e. The molecule has 0 aromatic heterocycles. The van der Waals surface area contributed by atoms with E-state index < -0.39 is 24.1 Å². The van der Waals surface area contributed by atoms with Crippen LogP contribution in [-0.2, 0) is 81.3 Å². The first kappa shape index (κ1) is 82.8. The molecule has 8 aliphatic rings. The molecule has 14 atom stereocenters. The minimum atomic E-state index is -0.922. The second kappa shape index (κ2) is 43.7. The van der Waals surface area contributed by atoms with Crippen LogP contribution in [0.15, 0.2) is 146 Å².